The van der Waals surface area contributed by atoms with Crippen molar-refractivity contribution in [2.45, 2.75) is 58.3 Å². The van der Waals surface area contributed by atoms with Gasteiger partial charge in [0.15, 0.2) is 11.6 Å². The van der Waals surface area contributed by atoms with Gasteiger partial charge >= 0.3 is 0 Å². The van der Waals surface area contributed by atoms with Crippen molar-refractivity contribution in [1.29, 1.82) is 0 Å². The summed E-state index contributed by atoms with van der Waals surface area (Å²) in [6, 6.07) is 2.85. The Labute approximate surface area is 149 Å². The quantitative estimate of drug-likeness (QED) is 0.571. The Morgan fingerprint density at radius 1 is 0.960 bits per heavy atom. The first kappa shape index (κ1) is 18.3. The van der Waals surface area contributed by atoms with Crippen LogP contribution >= 0.6 is 0 Å². The molecule has 1 aromatic rings. The lowest BCUT2D eigenvalue weighted by Gasteiger charge is -2.37. The number of rotatable bonds is 5. The molecule has 0 saturated heterocycles. The van der Waals surface area contributed by atoms with E-state index in [9.17, 15) is 8.78 Å². The van der Waals surface area contributed by atoms with Crippen molar-refractivity contribution >= 4 is 12.4 Å². The molecule has 0 aliphatic heterocycles. The molecule has 3 rings (SSSR count). The smallest absolute Gasteiger partial charge is 0.202 e. The molecule has 0 atom stereocenters. The Kier molecular flexibility index (Phi) is 6.08. The minimum atomic E-state index is -0.984. The van der Waals surface area contributed by atoms with E-state index in [0.717, 1.165) is 30.6 Å². The zero-order chi connectivity index (χ0) is 17.8. The van der Waals surface area contributed by atoms with E-state index in [2.05, 4.69) is 18.6 Å². The van der Waals surface area contributed by atoms with Crippen LogP contribution in [0.3, 0.4) is 0 Å². The molecule has 2 fully saturated rings. The molecule has 25 heavy (non-hydrogen) atoms. The molecule has 0 amide bonds. The van der Waals surface area contributed by atoms with Crippen LogP contribution in [0.25, 0.3) is 0 Å². The van der Waals surface area contributed by atoms with Gasteiger partial charge in [0.25, 0.3) is 0 Å². The number of hydrogen-bond acceptors (Lipinski definition) is 2. The second-order valence-electron chi connectivity index (χ2n) is 7.98. The lowest BCUT2D eigenvalue weighted by Crippen LogP contribution is -2.27. The third-order valence-electron chi connectivity index (χ3n) is 6.29. The SMILES string of the molecule is C=Nc1ccc(OCC2CCC(C3CCC(C)CC3)CC2)c(F)c1F. The van der Waals surface area contributed by atoms with Gasteiger partial charge in [-0.25, -0.2) is 4.39 Å². The fourth-order valence-corrected chi connectivity index (χ4v) is 4.55. The zero-order valence-electron chi connectivity index (χ0n) is 15.1. The van der Waals surface area contributed by atoms with Gasteiger partial charge in [-0.2, -0.15) is 4.39 Å². The molecule has 0 radical (unpaired) electrons. The number of halogens is 2. The average Bonchev–Trinajstić information content (AvgIpc) is 2.64. The van der Waals surface area contributed by atoms with E-state index < -0.39 is 11.6 Å². The molecule has 0 N–H and O–H groups in total. The van der Waals surface area contributed by atoms with Crippen LogP contribution < -0.4 is 4.74 Å². The van der Waals surface area contributed by atoms with Gasteiger partial charge in [0.05, 0.1) is 6.61 Å². The molecule has 2 saturated carbocycles. The van der Waals surface area contributed by atoms with Crippen LogP contribution in [0.4, 0.5) is 14.5 Å². The predicted octanol–water partition coefficient (Wildman–Crippen LogP) is 6.31. The highest BCUT2D eigenvalue weighted by Crippen LogP contribution is 2.41. The summed E-state index contributed by atoms with van der Waals surface area (Å²) in [5.41, 5.74) is -0.0767. The van der Waals surface area contributed by atoms with Gasteiger partial charge in [0.2, 0.25) is 5.82 Å². The minimum absolute atomic E-state index is 0.0201. The summed E-state index contributed by atoms with van der Waals surface area (Å²) in [6.07, 6.45) is 10.3. The fraction of sp³-hybridized carbons (Fsp3) is 0.667. The maximum atomic E-state index is 14.0. The van der Waals surface area contributed by atoms with E-state index in [0.29, 0.717) is 12.5 Å². The molecule has 138 valence electrons. The standard InChI is InChI=1S/C21H29F2NO/c1-14-3-7-16(8-4-14)17-9-5-15(6-10-17)13-25-19-12-11-18(24-2)20(22)21(19)23/h11-12,14-17H,2-10,13H2,1H3. The number of hydrogen-bond donors (Lipinski definition) is 0. The largest absolute Gasteiger partial charge is 0.490 e. The van der Waals surface area contributed by atoms with Crippen molar-refractivity contribution < 1.29 is 13.5 Å². The molecular weight excluding hydrogens is 320 g/mol. The lowest BCUT2D eigenvalue weighted by atomic mass is 9.69. The lowest BCUT2D eigenvalue weighted by molar-refractivity contribution is 0.124. The molecule has 2 aliphatic rings. The number of nitrogens with zero attached hydrogens (tertiary/aromatic N) is 1. The summed E-state index contributed by atoms with van der Waals surface area (Å²) in [4.78, 5) is 3.46. The van der Waals surface area contributed by atoms with E-state index in [1.54, 1.807) is 0 Å². The van der Waals surface area contributed by atoms with E-state index in [4.69, 9.17) is 4.74 Å². The predicted molar refractivity (Wildman–Crippen MR) is 97.6 cm³/mol. The van der Waals surface area contributed by atoms with Crippen molar-refractivity contribution in [2.24, 2.45) is 28.7 Å². The van der Waals surface area contributed by atoms with E-state index in [1.807, 2.05) is 0 Å². The van der Waals surface area contributed by atoms with Crippen molar-refractivity contribution in [3.8, 4) is 5.75 Å². The molecular formula is C21H29F2NO. The van der Waals surface area contributed by atoms with Crippen LogP contribution in [0.5, 0.6) is 5.75 Å². The second-order valence-corrected chi connectivity index (χ2v) is 7.98. The summed E-state index contributed by atoms with van der Waals surface area (Å²) < 4.78 is 33.3. The number of ether oxygens (including phenoxy) is 1. The highest BCUT2D eigenvalue weighted by atomic mass is 19.2. The molecule has 0 unspecified atom stereocenters. The van der Waals surface area contributed by atoms with Crippen LogP contribution in [0.1, 0.15) is 58.3 Å². The van der Waals surface area contributed by atoms with Gasteiger partial charge in [0, 0.05) is 0 Å². The first-order valence-electron chi connectivity index (χ1n) is 9.66. The molecule has 1 aromatic carbocycles. The van der Waals surface area contributed by atoms with Crippen molar-refractivity contribution in [3.05, 3.63) is 23.8 Å². The van der Waals surface area contributed by atoms with Crippen molar-refractivity contribution in [2.75, 3.05) is 6.61 Å². The Hall–Kier alpha value is -1.45. The third-order valence-corrected chi connectivity index (χ3v) is 6.29. The molecule has 0 bridgehead atoms. The van der Waals surface area contributed by atoms with Gasteiger partial charge in [-0.05, 0) is 81.0 Å². The normalized spacial score (nSPS) is 30.0. The molecule has 0 spiro atoms. The Balaban J connectivity index is 1.47. The first-order chi connectivity index (χ1) is 12.1. The highest BCUT2D eigenvalue weighted by Gasteiger charge is 2.30. The maximum absolute atomic E-state index is 14.0. The number of aliphatic imine (C=N–C) groups is 1. The van der Waals surface area contributed by atoms with Crippen molar-refractivity contribution in [1.82, 2.24) is 0 Å². The summed E-state index contributed by atoms with van der Waals surface area (Å²) in [7, 11) is 0. The second kappa shape index (κ2) is 8.29. The monoisotopic (exact) mass is 349 g/mol. The van der Waals surface area contributed by atoms with Gasteiger partial charge in [-0.15, -0.1) is 0 Å². The van der Waals surface area contributed by atoms with Gasteiger partial charge in [0.1, 0.15) is 5.69 Å². The fourth-order valence-electron chi connectivity index (χ4n) is 4.55. The number of benzene rings is 1. The Morgan fingerprint density at radius 2 is 1.56 bits per heavy atom. The third kappa shape index (κ3) is 4.39. The van der Waals surface area contributed by atoms with Gasteiger partial charge < -0.3 is 4.74 Å². The topological polar surface area (TPSA) is 21.6 Å². The van der Waals surface area contributed by atoms with Crippen molar-refractivity contribution in [3.63, 3.8) is 0 Å². The zero-order valence-corrected chi connectivity index (χ0v) is 15.1. The molecule has 4 heteroatoms. The highest BCUT2D eigenvalue weighted by molar-refractivity contribution is 5.49. The minimum Gasteiger partial charge on any atom is -0.490 e. The molecule has 2 nitrogen and oxygen atoms in total. The van der Waals surface area contributed by atoms with E-state index >= 15 is 0 Å². The Bertz CT molecular complexity index is 588. The molecule has 2 aliphatic carbocycles. The van der Waals surface area contributed by atoms with Gasteiger partial charge in [-0.3, -0.25) is 4.99 Å². The Morgan fingerprint density at radius 3 is 2.16 bits per heavy atom. The van der Waals surface area contributed by atoms with Crippen LogP contribution in [-0.2, 0) is 0 Å². The summed E-state index contributed by atoms with van der Waals surface area (Å²) in [6.45, 7) is 6.06. The average molecular weight is 349 g/mol. The molecule has 0 heterocycles. The molecule has 0 aromatic heterocycles. The summed E-state index contributed by atoms with van der Waals surface area (Å²) in [5.74, 6) is 1.14. The van der Waals surface area contributed by atoms with Crippen LogP contribution in [0.15, 0.2) is 17.1 Å². The van der Waals surface area contributed by atoms with E-state index in [-0.39, 0.29) is 11.4 Å². The van der Waals surface area contributed by atoms with E-state index in [1.165, 1.54) is 50.7 Å². The maximum Gasteiger partial charge on any atom is 0.202 e. The van der Waals surface area contributed by atoms with Crippen LogP contribution in [0.2, 0.25) is 0 Å². The summed E-state index contributed by atoms with van der Waals surface area (Å²) >= 11 is 0. The van der Waals surface area contributed by atoms with Gasteiger partial charge in [-0.1, -0.05) is 19.8 Å². The first-order valence-corrected chi connectivity index (χ1v) is 9.66. The van der Waals surface area contributed by atoms with Crippen LogP contribution in [0, 0.1) is 35.3 Å². The summed E-state index contributed by atoms with van der Waals surface area (Å²) in [5, 5.41) is 0. The van der Waals surface area contributed by atoms with Crippen LogP contribution in [-0.4, -0.2) is 13.3 Å².